The second-order valence-electron chi connectivity index (χ2n) is 5.10. The molecule has 2 aromatic rings. The zero-order valence-corrected chi connectivity index (χ0v) is 14.6. The van der Waals surface area contributed by atoms with Crippen LogP contribution in [0, 0.1) is 0 Å². The molecule has 2 aromatic carbocycles. The van der Waals surface area contributed by atoms with Crippen LogP contribution < -0.4 is 9.47 Å². The molecule has 0 unspecified atom stereocenters. The van der Waals surface area contributed by atoms with Crippen molar-refractivity contribution in [3.05, 3.63) is 59.2 Å². The lowest BCUT2D eigenvalue weighted by Gasteiger charge is -2.11. The Morgan fingerprint density at radius 2 is 1.46 bits per heavy atom. The van der Waals surface area contributed by atoms with E-state index < -0.39 is 24.3 Å². The normalized spacial score (nSPS) is 9.96. The smallest absolute Gasteiger partial charge is 0.339 e. The molecule has 0 saturated carbocycles. The minimum absolute atomic E-state index is 0.0221. The SMILES string of the molecule is COC(=O)c1ccccc1C(=O)OCC(=O)c1ccc(OC)cc1OC. The molecule has 0 amide bonds. The predicted octanol–water partition coefficient (Wildman–Crippen LogP) is 2.53. The molecule has 0 atom stereocenters. The van der Waals surface area contributed by atoms with Gasteiger partial charge in [0, 0.05) is 6.07 Å². The zero-order valence-electron chi connectivity index (χ0n) is 14.6. The second kappa shape index (κ2) is 8.66. The van der Waals surface area contributed by atoms with E-state index in [0.717, 1.165) is 0 Å². The number of esters is 2. The average molecular weight is 358 g/mol. The van der Waals surface area contributed by atoms with Gasteiger partial charge in [-0.25, -0.2) is 9.59 Å². The number of hydrogen-bond donors (Lipinski definition) is 0. The number of ether oxygens (including phenoxy) is 4. The van der Waals surface area contributed by atoms with Gasteiger partial charge in [-0.2, -0.15) is 0 Å². The van der Waals surface area contributed by atoms with E-state index in [-0.39, 0.29) is 16.7 Å². The van der Waals surface area contributed by atoms with Crippen LogP contribution >= 0.6 is 0 Å². The first-order valence-electron chi connectivity index (χ1n) is 7.61. The molecule has 0 radical (unpaired) electrons. The summed E-state index contributed by atoms with van der Waals surface area (Å²) in [6, 6.07) is 10.7. The van der Waals surface area contributed by atoms with Gasteiger partial charge in [0.1, 0.15) is 11.5 Å². The van der Waals surface area contributed by atoms with Gasteiger partial charge in [-0.3, -0.25) is 4.79 Å². The number of carbonyl (C=O) groups excluding carboxylic acids is 3. The zero-order chi connectivity index (χ0) is 19.1. The summed E-state index contributed by atoms with van der Waals surface area (Å²) in [6.45, 7) is -0.503. The molecule has 7 nitrogen and oxygen atoms in total. The minimum Gasteiger partial charge on any atom is -0.497 e. The van der Waals surface area contributed by atoms with Crippen LogP contribution in [0.4, 0.5) is 0 Å². The van der Waals surface area contributed by atoms with Crippen LogP contribution in [-0.2, 0) is 9.47 Å². The van der Waals surface area contributed by atoms with Crippen molar-refractivity contribution >= 4 is 17.7 Å². The molecule has 0 spiro atoms. The predicted molar refractivity (Wildman–Crippen MR) is 91.9 cm³/mol. The molecular formula is C19H18O7. The van der Waals surface area contributed by atoms with Crippen LogP contribution in [0.1, 0.15) is 31.1 Å². The van der Waals surface area contributed by atoms with Crippen LogP contribution in [0.3, 0.4) is 0 Å². The van der Waals surface area contributed by atoms with Crippen LogP contribution in [0.2, 0.25) is 0 Å². The van der Waals surface area contributed by atoms with Gasteiger partial charge in [0.15, 0.2) is 6.61 Å². The molecule has 0 heterocycles. The van der Waals surface area contributed by atoms with Gasteiger partial charge in [-0.05, 0) is 24.3 Å². The summed E-state index contributed by atoms with van der Waals surface area (Å²) in [7, 11) is 4.13. The molecule has 0 aromatic heterocycles. The first kappa shape index (κ1) is 19.0. The fraction of sp³-hybridized carbons (Fsp3) is 0.211. The van der Waals surface area contributed by atoms with E-state index in [2.05, 4.69) is 4.74 Å². The molecule has 0 aliphatic rings. The van der Waals surface area contributed by atoms with E-state index in [4.69, 9.17) is 14.2 Å². The van der Waals surface area contributed by atoms with Gasteiger partial charge in [-0.15, -0.1) is 0 Å². The number of carbonyl (C=O) groups is 3. The van der Waals surface area contributed by atoms with Gasteiger partial charge < -0.3 is 18.9 Å². The number of benzene rings is 2. The molecule has 0 saturated heterocycles. The van der Waals surface area contributed by atoms with Crippen LogP contribution in [0.5, 0.6) is 11.5 Å². The van der Waals surface area contributed by atoms with Crippen molar-refractivity contribution in [2.75, 3.05) is 27.9 Å². The second-order valence-corrected chi connectivity index (χ2v) is 5.10. The Morgan fingerprint density at radius 3 is 2.04 bits per heavy atom. The molecule has 0 N–H and O–H groups in total. The maximum absolute atomic E-state index is 12.3. The number of rotatable bonds is 7. The van der Waals surface area contributed by atoms with Crippen molar-refractivity contribution in [2.45, 2.75) is 0 Å². The fourth-order valence-corrected chi connectivity index (χ4v) is 2.26. The summed E-state index contributed by atoms with van der Waals surface area (Å²) in [5.41, 5.74) is 0.339. The van der Waals surface area contributed by atoms with Gasteiger partial charge in [0.25, 0.3) is 0 Å². The molecule has 0 aliphatic heterocycles. The molecular weight excluding hydrogens is 340 g/mol. The molecule has 7 heteroatoms. The first-order chi connectivity index (χ1) is 12.5. The highest BCUT2D eigenvalue weighted by Crippen LogP contribution is 2.25. The van der Waals surface area contributed by atoms with E-state index in [1.807, 2.05) is 0 Å². The number of Topliss-reactive ketones (excluding diaryl/α,β-unsaturated/α-hetero) is 1. The summed E-state index contributed by atoms with van der Waals surface area (Å²) in [5, 5.41) is 0. The van der Waals surface area contributed by atoms with Crippen molar-refractivity contribution < 1.29 is 33.3 Å². The number of hydrogen-bond acceptors (Lipinski definition) is 7. The highest BCUT2D eigenvalue weighted by molar-refractivity contribution is 6.05. The Morgan fingerprint density at radius 1 is 0.808 bits per heavy atom. The van der Waals surface area contributed by atoms with Crippen molar-refractivity contribution in [1.82, 2.24) is 0 Å². The molecule has 0 bridgehead atoms. The number of methoxy groups -OCH3 is 3. The Bertz CT molecular complexity index is 826. The lowest BCUT2D eigenvalue weighted by Crippen LogP contribution is -2.17. The summed E-state index contributed by atoms with van der Waals surface area (Å²) in [4.78, 5) is 36.3. The Kier molecular flexibility index (Phi) is 6.32. The highest BCUT2D eigenvalue weighted by atomic mass is 16.5. The molecule has 0 aliphatic carbocycles. The topological polar surface area (TPSA) is 88.1 Å². The van der Waals surface area contributed by atoms with Gasteiger partial charge in [0.2, 0.25) is 5.78 Å². The molecule has 0 fully saturated rings. The number of ketones is 1. The molecule has 26 heavy (non-hydrogen) atoms. The lowest BCUT2D eigenvalue weighted by atomic mass is 10.1. The van der Waals surface area contributed by atoms with E-state index in [1.54, 1.807) is 24.3 Å². The van der Waals surface area contributed by atoms with Crippen molar-refractivity contribution in [3.63, 3.8) is 0 Å². The third kappa shape index (κ3) is 4.18. The van der Waals surface area contributed by atoms with E-state index in [1.165, 1.54) is 39.5 Å². The quantitative estimate of drug-likeness (QED) is 0.555. The monoisotopic (exact) mass is 358 g/mol. The van der Waals surface area contributed by atoms with E-state index in [9.17, 15) is 14.4 Å². The Hall–Kier alpha value is -3.35. The summed E-state index contributed by atoms with van der Waals surface area (Å²) in [5.74, 6) is -1.08. The van der Waals surface area contributed by atoms with E-state index >= 15 is 0 Å². The average Bonchev–Trinajstić information content (AvgIpc) is 2.70. The molecule has 2 rings (SSSR count). The first-order valence-corrected chi connectivity index (χ1v) is 7.61. The lowest BCUT2D eigenvalue weighted by molar-refractivity contribution is 0.0462. The third-order valence-corrected chi connectivity index (χ3v) is 3.60. The van der Waals surface area contributed by atoms with Gasteiger partial charge in [-0.1, -0.05) is 12.1 Å². The maximum Gasteiger partial charge on any atom is 0.339 e. The summed E-state index contributed by atoms with van der Waals surface area (Å²) < 4.78 is 19.9. The standard InChI is InChI=1S/C19H18O7/c1-23-12-8-9-15(17(10-12)24-2)16(20)11-26-19(22)14-7-5-4-6-13(14)18(21)25-3/h4-10H,11H2,1-3H3. The van der Waals surface area contributed by atoms with Crippen molar-refractivity contribution in [1.29, 1.82) is 0 Å². The Balaban J connectivity index is 2.13. The van der Waals surface area contributed by atoms with Crippen molar-refractivity contribution in [2.24, 2.45) is 0 Å². The maximum atomic E-state index is 12.3. The third-order valence-electron chi connectivity index (χ3n) is 3.60. The largest absolute Gasteiger partial charge is 0.497 e. The van der Waals surface area contributed by atoms with Gasteiger partial charge >= 0.3 is 11.9 Å². The van der Waals surface area contributed by atoms with Crippen LogP contribution in [-0.4, -0.2) is 45.7 Å². The van der Waals surface area contributed by atoms with Crippen LogP contribution in [0.15, 0.2) is 42.5 Å². The highest BCUT2D eigenvalue weighted by Gasteiger charge is 2.20. The van der Waals surface area contributed by atoms with E-state index in [0.29, 0.717) is 11.5 Å². The van der Waals surface area contributed by atoms with Gasteiger partial charge in [0.05, 0.1) is 38.0 Å². The van der Waals surface area contributed by atoms with Crippen molar-refractivity contribution in [3.8, 4) is 11.5 Å². The molecule has 136 valence electrons. The summed E-state index contributed by atoms with van der Waals surface area (Å²) in [6.07, 6.45) is 0. The van der Waals surface area contributed by atoms with Crippen LogP contribution in [0.25, 0.3) is 0 Å². The fourth-order valence-electron chi connectivity index (χ4n) is 2.26. The Labute approximate surface area is 150 Å². The summed E-state index contributed by atoms with van der Waals surface area (Å²) >= 11 is 0. The minimum atomic E-state index is -0.799.